The van der Waals surface area contributed by atoms with Crippen LogP contribution >= 0.6 is 11.8 Å². The van der Waals surface area contributed by atoms with Crippen LogP contribution in [0.5, 0.6) is 0 Å². The van der Waals surface area contributed by atoms with Gasteiger partial charge in [0.15, 0.2) is 0 Å². The number of rotatable bonds is 6. The summed E-state index contributed by atoms with van der Waals surface area (Å²) in [4.78, 5) is 16.7. The lowest BCUT2D eigenvalue weighted by Gasteiger charge is -2.35. The molecule has 0 radical (unpaired) electrons. The normalized spacial score (nSPS) is 22.9. The highest BCUT2D eigenvalue weighted by atomic mass is 32.2. The van der Waals surface area contributed by atoms with Gasteiger partial charge in [-0.05, 0) is 55.9 Å². The van der Waals surface area contributed by atoms with E-state index in [1.54, 1.807) is 11.8 Å². The molecule has 0 bridgehead atoms. The molecule has 0 aromatic heterocycles. The molecular weight excluding hydrogens is 316 g/mol. The predicted molar refractivity (Wildman–Crippen MR) is 102 cm³/mol. The summed E-state index contributed by atoms with van der Waals surface area (Å²) in [6, 6.07) is 10.8. The van der Waals surface area contributed by atoms with Crippen LogP contribution in [0.2, 0.25) is 0 Å². The molecule has 3 nitrogen and oxygen atoms in total. The van der Waals surface area contributed by atoms with Crippen LogP contribution in [0.25, 0.3) is 0 Å². The second kappa shape index (κ2) is 8.91. The summed E-state index contributed by atoms with van der Waals surface area (Å²) in [5.41, 5.74) is 1.45. The maximum Gasteiger partial charge on any atom is 0.232 e. The Labute approximate surface area is 150 Å². The molecule has 0 aliphatic carbocycles. The first-order valence-corrected chi connectivity index (χ1v) is 10.7. The number of amides is 1. The van der Waals surface area contributed by atoms with E-state index < -0.39 is 0 Å². The number of nitrogens with zero attached hydrogens (tertiary/aromatic N) is 2. The Balaban J connectivity index is 1.39. The zero-order valence-electron chi connectivity index (χ0n) is 14.8. The zero-order valence-corrected chi connectivity index (χ0v) is 15.6. The summed E-state index contributed by atoms with van der Waals surface area (Å²) in [6.07, 6.45) is 6.93. The maximum absolute atomic E-state index is 12.0. The largest absolute Gasteiger partial charge is 0.342 e. The van der Waals surface area contributed by atoms with E-state index in [1.807, 2.05) is 6.26 Å². The fraction of sp³-hybridized carbons (Fsp3) is 0.650. The predicted octanol–water partition coefficient (Wildman–Crippen LogP) is 3.15. The second-order valence-corrected chi connectivity index (χ2v) is 8.10. The van der Waals surface area contributed by atoms with Crippen LogP contribution < -0.4 is 0 Å². The third kappa shape index (κ3) is 4.76. The van der Waals surface area contributed by atoms with E-state index in [4.69, 9.17) is 0 Å². The van der Waals surface area contributed by atoms with Crippen LogP contribution in [-0.2, 0) is 11.2 Å². The molecule has 24 heavy (non-hydrogen) atoms. The van der Waals surface area contributed by atoms with Gasteiger partial charge in [0.25, 0.3) is 0 Å². The molecule has 1 atom stereocenters. The number of hydrogen-bond acceptors (Lipinski definition) is 3. The molecule has 2 saturated heterocycles. The minimum absolute atomic E-state index is 0.330. The minimum atomic E-state index is 0.330. The van der Waals surface area contributed by atoms with Crippen molar-refractivity contribution in [2.24, 2.45) is 11.8 Å². The summed E-state index contributed by atoms with van der Waals surface area (Å²) in [6.45, 7) is 5.65. The Kier molecular flexibility index (Phi) is 6.61. The lowest BCUT2D eigenvalue weighted by Crippen LogP contribution is -2.41. The average molecular weight is 347 g/mol. The van der Waals surface area contributed by atoms with Crippen molar-refractivity contribution in [1.82, 2.24) is 9.80 Å². The Morgan fingerprint density at radius 3 is 2.50 bits per heavy atom. The molecule has 1 unspecified atom stereocenters. The van der Waals surface area contributed by atoms with Crippen LogP contribution in [0.1, 0.15) is 24.8 Å². The highest BCUT2D eigenvalue weighted by Gasteiger charge is 2.32. The third-order valence-electron chi connectivity index (χ3n) is 5.70. The maximum atomic E-state index is 12.0. The van der Waals surface area contributed by atoms with Gasteiger partial charge in [0.2, 0.25) is 5.91 Å². The molecule has 0 spiro atoms. The SMILES string of the molecule is CSCC(=O)N1CCC(C2CCN(CCc3ccccc3)C2)CC1. The fourth-order valence-corrected chi connectivity index (χ4v) is 4.65. The van der Waals surface area contributed by atoms with Gasteiger partial charge in [-0.25, -0.2) is 0 Å². The smallest absolute Gasteiger partial charge is 0.232 e. The third-order valence-corrected chi connectivity index (χ3v) is 6.23. The van der Waals surface area contributed by atoms with Crippen molar-refractivity contribution in [3.8, 4) is 0 Å². The number of likely N-dealkylation sites (tertiary alicyclic amines) is 2. The Hall–Kier alpha value is -1.00. The van der Waals surface area contributed by atoms with E-state index in [2.05, 4.69) is 40.1 Å². The van der Waals surface area contributed by atoms with E-state index in [0.717, 1.165) is 31.3 Å². The monoisotopic (exact) mass is 346 g/mol. The number of carbonyl (C=O) groups excluding carboxylic acids is 1. The number of thioether (sulfide) groups is 1. The molecule has 2 aliphatic heterocycles. The van der Waals surface area contributed by atoms with Gasteiger partial charge in [-0.1, -0.05) is 30.3 Å². The summed E-state index contributed by atoms with van der Waals surface area (Å²) in [5.74, 6) is 2.64. The topological polar surface area (TPSA) is 23.6 Å². The van der Waals surface area contributed by atoms with E-state index in [-0.39, 0.29) is 0 Å². The number of benzene rings is 1. The molecular formula is C20H30N2OS. The molecule has 1 aromatic rings. The first-order chi connectivity index (χ1) is 11.8. The van der Waals surface area contributed by atoms with Crippen molar-refractivity contribution >= 4 is 17.7 Å². The molecule has 0 N–H and O–H groups in total. The molecule has 132 valence electrons. The van der Waals surface area contributed by atoms with Crippen molar-refractivity contribution in [3.63, 3.8) is 0 Å². The van der Waals surface area contributed by atoms with Crippen LogP contribution in [0.4, 0.5) is 0 Å². The Morgan fingerprint density at radius 1 is 1.08 bits per heavy atom. The number of carbonyl (C=O) groups is 1. The van der Waals surface area contributed by atoms with E-state index >= 15 is 0 Å². The van der Waals surface area contributed by atoms with Crippen LogP contribution in [0.3, 0.4) is 0 Å². The quantitative estimate of drug-likeness (QED) is 0.790. The lowest BCUT2D eigenvalue weighted by molar-refractivity contribution is -0.129. The van der Waals surface area contributed by atoms with Gasteiger partial charge in [-0.15, -0.1) is 0 Å². The highest BCUT2D eigenvalue weighted by Crippen LogP contribution is 2.32. The van der Waals surface area contributed by atoms with E-state index in [9.17, 15) is 4.79 Å². The second-order valence-electron chi connectivity index (χ2n) is 7.24. The number of hydrogen-bond donors (Lipinski definition) is 0. The fourth-order valence-electron chi connectivity index (χ4n) is 4.22. The average Bonchev–Trinajstić information content (AvgIpc) is 3.10. The zero-order chi connectivity index (χ0) is 16.8. The molecule has 2 aliphatic rings. The summed E-state index contributed by atoms with van der Waals surface area (Å²) in [7, 11) is 0. The van der Waals surface area contributed by atoms with E-state index in [1.165, 1.54) is 44.5 Å². The van der Waals surface area contributed by atoms with Gasteiger partial charge in [-0.2, -0.15) is 11.8 Å². The van der Waals surface area contributed by atoms with Crippen LogP contribution in [0, 0.1) is 11.8 Å². The summed E-state index contributed by atoms with van der Waals surface area (Å²) < 4.78 is 0. The first-order valence-electron chi connectivity index (χ1n) is 9.29. The van der Waals surface area contributed by atoms with Gasteiger partial charge >= 0.3 is 0 Å². The lowest BCUT2D eigenvalue weighted by atomic mass is 9.84. The molecule has 1 aromatic carbocycles. The van der Waals surface area contributed by atoms with Crippen LogP contribution in [-0.4, -0.2) is 60.4 Å². The molecule has 4 heteroatoms. The molecule has 2 fully saturated rings. The Morgan fingerprint density at radius 2 is 1.79 bits per heavy atom. The molecule has 1 amide bonds. The summed E-state index contributed by atoms with van der Waals surface area (Å²) in [5, 5.41) is 0. The molecule has 0 saturated carbocycles. The van der Waals surface area contributed by atoms with Gasteiger partial charge in [0.1, 0.15) is 0 Å². The van der Waals surface area contributed by atoms with Crippen molar-refractivity contribution < 1.29 is 4.79 Å². The van der Waals surface area contributed by atoms with Crippen LogP contribution in [0.15, 0.2) is 30.3 Å². The van der Waals surface area contributed by atoms with Crippen molar-refractivity contribution in [2.75, 3.05) is 44.7 Å². The Bertz CT molecular complexity index is 514. The van der Waals surface area contributed by atoms with Gasteiger partial charge in [0.05, 0.1) is 5.75 Å². The van der Waals surface area contributed by atoms with E-state index in [0.29, 0.717) is 11.7 Å². The number of piperidine rings is 1. The van der Waals surface area contributed by atoms with Crippen molar-refractivity contribution in [2.45, 2.75) is 25.7 Å². The van der Waals surface area contributed by atoms with Crippen molar-refractivity contribution in [1.29, 1.82) is 0 Å². The minimum Gasteiger partial charge on any atom is -0.342 e. The highest BCUT2D eigenvalue weighted by molar-refractivity contribution is 7.99. The standard InChI is InChI=1S/C20H30N2OS/c1-24-16-20(23)22-13-9-18(10-14-22)19-8-12-21(15-19)11-7-17-5-3-2-4-6-17/h2-6,18-19H,7-16H2,1H3. The van der Waals surface area contributed by atoms with Gasteiger partial charge < -0.3 is 9.80 Å². The summed E-state index contributed by atoms with van der Waals surface area (Å²) >= 11 is 1.64. The molecule has 3 rings (SSSR count). The van der Waals surface area contributed by atoms with Gasteiger partial charge in [-0.3, -0.25) is 4.79 Å². The molecule has 2 heterocycles. The van der Waals surface area contributed by atoms with Gasteiger partial charge in [0, 0.05) is 26.2 Å². The van der Waals surface area contributed by atoms with Crippen molar-refractivity contribution in [3.05, 3.63) is 35.9 Å². The first kappa shape index (κ1) is 17.8.